The minimum atomic E-state index is -0.0200. The van der Waals surface area contributed by atoms with E-state index in [2.05, 4.69) is 25.2 Å². The van der Waals surface area contributed by atoms with Gasteiger partial charge in [-0.15, -0.1) is 0 Å². The van der Waals surface area contributed by atoms with Crippen molar-refractivity contribution in [2.45, 2.75) is 58.1 Å². The number of nitrogens with one attached hydrogen (secondary N) is 1. The van der Waals surface area contributed by atoms with Gasteiger partial charge in [0.2, 0.25) is 0 Å². The summed E-state index contributed by atoms with van der Waals surface area (Å²) in [7, 11) is 1.64. The first-order chi connectivity index (χ1) is 13.1. The van der Waals surface area contributed by atoms with Gasteiger partial charge in [-0.05, 0) is 48.6 Å². The van der Waals surface area contributed by atoms with Gasteiger partial charge in [0.15, 0.2) is 0 Å². The molecule has 0 aliphatic heterocycles. The predicted octanol–water partition coefficient (Wildman–Crippen LogP) is 5.07. The molecule has 1 aliphatic rings. The van der Waals surface area contributed by atoms with Crippen LogP contribution in [0.1, 0.15) is 66.9 Å². The van der Waals surface area contributed by atoms with Gasteiger partial charge < -0.3 is 14.8 Å². The van der Waals surface area contributed by atoms with E-state index in [4.69, 9.17) is 9.47 Å². The summed E-state index contributed by atoms with van der Waals surface area (Å²) in [6.07, 6.45) is 4.54. The molecule has 2 aromatic rings. The number of ether oxygens (including phenoxy) is 2. The number of rotatable bonds is 7. The Morgan fingerprint density at radius 2 is 1.85 bits per heavy atom. The summed E-state index contributed by atoms with van der Waals surface area (Å²) in [6, 6.07) is 13.9. The van der Waals surface area contributed by atoms with Gasteiger partial charge in [-0.25, -0.2) is 0 Å². The zero-order valence-electron chi connectivity index (χ0n) is 16.5. The molecule has 4 heteroatoms. The Balaban J connectivity index is 1.75. The molecule has 0 bridgehead atoms. The van der Waals surface area contributed by atoms with E-state index in [9.17, 15) is 4.79 Å². The molecule has 1 N–H and O–H groups in total. The number of hydrogen-bond donors (Lipinski definition) is 1. The zero-order chi connectivity index (χ0) is 19.2. The fourth-order valence-electron chi connectivity index (χ4n) is 3.62. The Morgan fingerprint density at radius 3 is 2.56 bits per heavy atom. The molecule has 4 nitrogen and oxygen atoms in total. The van der Waals surface area contributed by atoms with E-state index >= 15 is 0 Å². The van der Waals surface area contributed by atoms with Gasteiger partial charge in [0, 0.05) is 17.2 Å². The molecular weight excluding hydrogens is 338 g/mol. The van der Waals surface area contributed by atoms with Crippen LogP contribution in [0.2, 0.25) is 0 Å². The minimum Gasteiger partial charge on any atom is -0.496 e. The van der Waals surface area contributed by atoms with Crippen LogP contribution >= 0.6 is 0 Å². The second-order valence-corrected chi connectivity index (χ2v) is 7.46. The monoisotopic (exact) mass is 367 g/mol. The van der Waals surface area contributed by atoms with Gasteiger partial charge in [0.1, 0.15) is 18.1 Å². The number of para-hydroxylation sites is 1. The lowest BCUT2D eigenvalue weighted by Crippen LogP contribution is -2.32. The molecule has 0 saturated heterocycles. The summed E-state index contributed by atoms with van der Waals surface area (Å²) >= 11 is 0. The molecule has 1 amide bonds. The summed E-state index contributed by atoms with van der Waals surface area (Å²) in [5, 5.41) is 3.14. The Morgan fingerprint density at radius 1 is 1.11 bits per heavy atom. The van der Waals surface area contributed by atoms with E-state index in [1.807, 2.05) is 36.4 Å². The largest absolute Gasteiger partial charge is 0.496 e. The van der Waals surface area contributed by atoms with E-state index in [0.29, 0.717) is 24.1 Å². The molecule has 0 aromatic heterocycles. The summed E-state index contributed by atoms with van der Waals surface area (Å²) in [6.45, 7) is 4.66. The normalized spacial score (nSPS) is 14.4. The first-order valence-electron chi connectivity index (χ1n) is 9.78. The van der Waals surface area contributed by atoms with Crippen LogP contribution < -0.4 is 14.8 Å². The van der Waals surface area contributed by atoms with Crippen molar-refractivity contribution < 1.29 is 14.3 Å². The Bertz CT molecular complexity index is 779. The number of carbonyl (C=O) groups excluding carboxylic acids is 1. The molecule has 0 atom stereocenters. The average Bonchev–Trinajstić information content (AvgIpc) is 3.19. The Labute approximate surface area is 161 Å². The van der Waals surface area contributed by atoms with Crippen LogP contribution in [0.25, 0.3) is 0 Å². The molecule has 27 heavy (non-hydrogen) atoms. The van der Waals surface area contributed by atoms with E-state index < -0.39 is 0 Å². The van der Waals surface area contributed by atoms with Crippen molar-refractivity contribution >= 4 is 5.91 Å². The summed E-state index contributed by atoms with van der Waals surface area (Å²) in [5.41, 5.74) is 2.69. The second kappa shape index (κ2) is 8.94. The van der Waals surface area contributed by atoms with Gasteiger partial charge in [-0.1, -0.05) is 44.9 Å². The SMILES string of the molecule is COc1ccc(C(=O)NC2CCCC2)cc1COc1ccccc1C(C)C. The molecule has 0 radical (unpaired) electrons. The first-order valence-corrected chi connectivity index (χ1v) is 9.78. The third-order valence-electron chi connectivity index (χ3n) is 5.16. The number of carbonyl (C=O) groups is 1. The Hall–Kier alpha value is -2.49. The first kappa shape index (κ1) is 19.3. The maximum absolute atomic E-state index is 12.6. The van der Waals surface area contributed by atoms with Crippen LogP contribution in [0.3, 0.4) is 0 Å². The van der Waals surface area contributed by atoms with Crippen molar-refractivity contribution in [3.63, 3.8) is 0 Å². The Kier molecular flexibility index (Phi) is 6.38. The quantitative estimate of drug-likeness (QED) is 0.743. The van der Waals surface area contributed by atoms with E-state index in [0.717, 1.165) is 29.9 Å². The maximum atomic E-state index is 12.6. The summed E-state index contributed by atoms with van der Waals surface area (Å²) in [5.74, 6) is 1.96. The predicted molar refractivity (Wildman–Crippen MR) is 108 cm³/mol. The molecule has 0 heterocycles. The average molecular weight is 367 g/mol. The smallest absolute Gasteiger partial charge is 0.251 e. The highest BCUT2D eigenvalue weighted by Gasteiger charge is 2.19. The van der Waals surface area contributed by atoms with Crippen molar-refractivity contribution in [2.75, 3.05) is 7.11 Å². The van der Waals surface area contributed by atoms with E-state index in [1.54, 1.807) is 7.11 Å². The third-order valence-corrected chi connectivity index (χ3v) is 5.16. The van der Waals surface area contributed by atoms with E-state index in [1.165, 1.54) is 18.4 Å². The molecular formula is C23H29NO3. The summed E-state index contributed by atoms with van der Waals surface area (Å²) < 4.78 is 11.6. The lowest BCUT2D eigenvalue weighted by atomic mass is 10.0. The third kappa shape index (κ3) is 4.82. The molecule has 3 rings (SSSR count). The lowest BCUT2D eigenvalue weighted by Gasteiger charge is -2.16. The standard InChI is InChI=1S/C23H29NO3/c1-16(2)20-10-6-7-11-22(20)27-15-18-14-17(12-13-21(18)26-3)23(25)24-19-8-4-5-9-19/h6-7,10-14,16,19H,4-5,8-9,15H2,1-3H3,(H,24,25). The van der Waals surface area contributed by atoms with Crippen LogP contribution in [0.15, 0.2) is 42.5 Å². The fourth-order valence-corrected chi connectivity index (χ4v) is 3.62. The van der Waals surface area contributed by atoms with Gasteiger partial charge in [0.05, 0.1) is 7.11 Å². The fraction of sp³-hybridized carbons (Fsp3) is 0.435. The molecule has 1 saturated carbocycles. The van der Waals surface area contributed by atoms with Crippen molar-refractivity contribution in [1.29, 1.82) is 0 Å². The van der Waals surface area contributed by atoms with Gasteiger partial charge >= 0.3 is 0 Å². The number of hydrogen-bond acceptors (Lipinski definition) is 3. The molecule has 2 aromatic carbocycles. The van der Waals surface area contributed by atoms with Crippen molar-refractivity contribution in [3.8, 4) is 11.5 Å². The maximum Gasteiger partial charge on any atom is 0.251 e. The van der Waals surface area contributed by atoms with Crippen molar-refractivity contribution in [3.05, 3.63) is 59.2 Å². The minimum absolute atomic E-state index is 0.0200. The van der Waals surface area contributed by atoms with Crippen molar-refractivity contribution in [2.24, 2.45) is 0 Å². The zero-order valence-corrected chi connectivity index (χ0v) is 16.5. The molecule has 1 fully saturated rings. The second-order valence-electron chi connectivity index (χ2n) is 7.46. The molecule has 0 spiro atoms. The van der Waals surface area contributed by atoms with Gasteiger partial charge in [0.25, 0.3) is 5.91 Å². The molecule has 1 aliphatic carbocycles. The van der Waals surface area contributed by atoms with E-state index in [-0.39, 0.29) is 5.91 Å². The van der Waals surface area contributed by atoms with Crippen LogP contribution in [-0.4, -0.2) is 19.1 Å². The topological polar surface area (TPSA) is 47.6 Å². The molecule has 144 valence electrons. The van der Waals surface area contributed by atoms with Gasteiger partial charge in [-0.2, -0.15) is 0 Å². The van der Waals surface area contributed by atoms with Crippen LogP contribution in [0, 0.1) is 0 Å². The van der Waals surface area contributed by atoms with Crippen LogP contribution in [0.4, 0.5) is 0 Å². The van der Waals surface area contributed by atoms with Gasteiger partial charge in [-0.3, -0.25) is 4.79 Å². The highest BCUT2D eigenvalue weighted by Crippen LogP contribution is 2.28. The van der Waals surface area contributed by atoms with Crippen LogP contribution in [0.5, 0.6) is 11.5 Å². The number of amides is 1. The molecule has 0 unspecified atom stereocenters. The highest BCUT2D eigenvalue weighted by molar-refractivity contribution is 5.94. The number of methoxy groups -OCH3 is 1. The highest BCUT2D eigenvalue weighted by atomic mass is 16.5. The lowest BCUT2D eigenvalue weighted by molar-refractivity contribution is 0.0937. The van der Waals surface area contributed by atoms with Crippen molar-refractivity contribution in [1.82, 2.24) is 5.32 Å². The summed E-state index contributed by atoms with van der Waals surface area (Å²) in [4.78, 5) is 12.6. The number of benzene rings is 2. The van der Waals surface area contributed by atoms with Crippen LogP contribution in [-0.2, 0) is 6.61 Å².